The van der Waals surface area contributed by atoms with Crippen LogP contribution >= 0.6 is 0 Å². The Morgan fingerprint density at radius 3 is 2.61 bits per heavy atom. The number of nitrogens with one attached hydrogen (secondary N) is 1. The minimum Gasteiger partial charge on any atom is -0.494 e. The molecule has 100 valence electrons. The smallest absolute Gasteiger partial charge is 0.234 e. The first-order valence-corrected chi connectivity index (χ1v) is 6.16. The van der Waals surface area contributed by atoms with E-state index in [1.165, 1.54) is 11.1 Å². The van der Waals surface area contributed by atoms with Crippen molar-refractivity contribution in [1.29, 1.82) is 0 Å². The minimum absolute atomic E-state index is 0.0173. The molecule has 18 heavy (non-hydrogen) atoms. The summed E-state index contributed by atoms with van der Waals surface area (Å²) in [5, 5.41) is 1.65. The van der Waals surface area contributed by atoms with Crippen LogP contribution in [0, 0.1) is 13.8 Å². The SMILES string of the molecule is Cc1ccc(OCCCC(=O)NN(C)C)cc1C. The van der Waals surface area contributed by atoms with Gasteiger partial charge in [0.05, 0.1) is 6.61 Å². The lowest BCUT2D eigenvalue weighted by Gasteiger charge is -2.12. The van der Waals surface area contributed by atoms with Gasteiger partial charge in [0.25, 0.3) is 0 Å². The fourth-order valence-electron chi connectivity index (χ4n) is 1.53. The van der Waals surface area contributed by atoms with Gasteiger partial charge in [-0.2, -0.15) is 0 Å². The molecular formula is C14H22N2O2. The van der Waals surface area contributed by atoms with Crippen molar-refractivity contribution >= 4 is 5.91 Å². The second-order valence-electron chi connectivity index (χ2n) is 4.63. The predicted molar refractivity (Wildman–Crippen MR) is 72.5 cm³/mol. The zero-order chi connectivity index (χ0) is 13.5. The first-order valence-electron chi connectivity index (χ1n) is 6.16. The molecule has 0 aliphatic carbocycles. The Labute approximate surface area is 109 Å². The van der Waals surface area contributed by atoms with Gasteiger partial charge in [0.15, 0.2) is 0 Å². The van der Waals surface area contributed by atoms with Gasteiger partial charge in [-0.15, -0.1) is 0 Å². The van der Waals surface area contributed by atoms with Gasteiger partial charge in [0.1, 0.15) is 5.75 Å². The van der Waals surface area contributed by atoms with Crippen LogP contribution in [0.15, 0.2) is 18.2 Å². The van der Waals surface area contributed by atoms with Crippen LogP contribution in [-0.4, -0.2) is 31.6 Å². The lowest BCUT2D eigenvalue weighted by molar-refractivity contribution is -0.125. The van der Waals surface area contributed by atoms with E-state index < -0.39 is 0 Å². The molecule has 1 N–H and O–H groups in total. The summed E-state index contributed by atoms with van der Waals surface area (Å²) >= 11 is 0. The average Bonchev–Trinajstić information content (AvgIpc) is 2.28. The van der Waals surface area contributed by atoms with Crippen LogP contribution in [0.2, 0.25) is 0 Å². The number of amides is 1. The second-order valence-corrected chi connectivity index (χ2v) is 4.63. The molecule has 0 radical (unpaired) electrons. The van der Waals surface area contributed by atoms with E-state index in [2.05, 4.69) is 19.3 Å². The van der Waals surface area contributed by atoms with Crippen molar-refractivity contribution in [2.75, 3.05) is 20.7 Å². The normalized spacial score (nSPS) is 10.5. The Morgan fingerprint density at radius 1 is 1.28 bits per heavy atom. The van der Waals surface area contributed by atoms with Gasteiger partial charge in [0.2, 0.25) is 5.91 Å². The Morgan fingerprint density at radius 2 is 2.00 bits per heavy atom. The Hall–Kier alpha value is -1.55. The van der Waals surface area contributed by atoms with Gasteiger partial charge >= 0.3 is 0 Å². The molecule has 0 aliphatic heterocycles. The molecule has 0 atom stereocenters. The molecule has 0 saturated carbocycles. The van der Waals surface area contributed by atoms with Crippen molar-refractivity contribution in [3.8, 4) is 5.75 Å². The average molecular weight is 250 g/mol. The lowest BCUT2D eigenvalue weighted by atomic mass is 10.1. The van der Waals surface area contributed by atoms with Crippen LogP contribution in [0.4, 0.5) is 0 Å². The highest BCUT2D eigenvalue weighted by molar-refractivity contribution is 5.75. The van der Waals surface area contributed by atoms with Crippen LogP contribution in [-0.2, 0) is 4.79 Å². The van der Waals surface area contributed by atoms with E-state index in [-0.39, 0.29) is 5.91 Å². The molecule has 0 spiro atoms. The van der Waals surface area contributed by atoms with E-state index in [9.17, 15) is 4.79 Å². The van der Waals surface area contributed by atoms with Gasteiger partial charge in [-0.3, -0.25) is 10.2 Å². The number of aryl methyl sites for hydroxylation is 2. The first-order chi connectivity index (χ1) is 8.49. The molecule has 1 rings (SSSR count). The summed E-state index contributed by atoms with van der Waals surface area (Å²) in [4.78, 5) is 11.4. The maximum Gasteiger partial charge on any atom is 0.234 e. The van der Waals surface area contributed by atoms with Crippen LogP contribution in [0.1, 0.15) is 24.0 Å². The van der Waals surface area contributed by atoms with Gasteiger partial charge in [-0.1, -0.05) is 6.07 Å². The molecule has 0 fully saturated rings. The first kappa shape index (κ1) is 14.5. The van der Waals surface area contributed by atoms with E-state index in [4.69, 9.17) is 4.74 Å². The number of ether oxygens (including phenoxy) is 1. The molecule has 1 amide bonds. The molecular weight excluding hydrogens is 228 g/mol. The summed E-state index contributed by atoms with van der Waals surface area (Å²) in [7, 11) is 3.59. The van der Waals surface area contributed by atoms with E-state index in [0.29, 0.717) is 19.4 Å². The number of rotatable bonds is 6. The van der Waals surface area contributed by atoms with Gasteiger partial charge in [-0.25, -0.2) is 5.01 Å². The molecule has 0 unspecified atom stereocenters. The highest BCUT2D eigenvalue weighted by atomic mass is 16.5. The highest BCUT2D eigenvalue weighted by Gasteiger charge is 2.02. The number of nitrogens with zero attached hydrogens (tertiary/aromatic N) is 1. The van der Waals surface area contributed by atoms with Crippen LogP contribution < -0.4 is 10.2 Å². The fraction of sp³-hybridized carbons (Fsp3) is 0.500. The van der Waals surface area contributed by atoms with Gasteiger partial charge < -0.3 is 4.74 Å². The number of hydrazine groups is 1. The Kier molecular flexibility index (Phi) is 5.65. The van der Waals surface area contributed by atoms with Crippen LogP contribution in [0.25, 0.3) is 0 Å². The number of hydrogen-bond acceptors (Lipinski definition) is 3. The maximum absolute atomic E-state index is 11.4. The standard InChI is InChI=1S/C14H22N2O2/c1-11-7-8-13(10-12(11)2)18-9-5-6-14(17)15-16(3)4/h7-8,10H,5-6,9H2,1-4H3,(H,15,17). The van der Waals surface area contributed by atoms with Crippen molar-refractivity contribution in [1.82, 2.24) is 10.4 Å². The van der Waals surface area contributed by atoms with E-state index >= 15 is 0 Å². The number of carbonyl (C=O) groups excluding carboxylic acids is 1. The van der Waals surface area contributed by atoms with Crippen molar-refractivity contribution in [2.45, 2.75) is 26.7 Å². The lowest BCUT2D eigenvalue weighted by Crippen LogP contribution is -2.36. The second kappa shape index (κ2) is 7.01. The largest absolute Gasteiger partial charge is 0.494 e. The fourth-order valence-corrected chi connectivity index (χ4v) is 1.53. The molecule has 0 bridgehead atoms. The van der Waals surface area contributed by atoms with Crippen molar-refractivity contribution in [3.63, 3.8) is 0 Å². The Bertz CT molecular complexity index is 403. The zero-order valence-electron chi connectivity index (χ0n) is 11.6. The van der Waals surface area contributed by atoms with E-state index in [1.54, 1.807) is 19.1 Å². The quantitative estimate of drug-likeness (QED) is 0.620. The summed E-state index contributed by atoms with van der Waals surface area (Å²) in [5.41, 5.74) is 5.17. The molecule has 1 aromatic rings. The Balaban J connectivity index is 2.25. The highest BCUT2D eigenvalue weighted by Crippen LogP contribution is 2.16. The van der Waals surface area contributed by atoms with Crippen molar-refractivity contribution in [2.24, 2.45) is 0 Å². The summed E-state index contributed by atoms with van der Waals surface area (Å²) in [5.74, 6) is 0.884. The third kappa shape index (κ3) is 5.19. The molecule has 0 aromatic heterocycles. The minimum atomic E-state index is 0.0173. The molecule has 1 aromatic carbocycles. The number of carbonyl (C=O) groups is 1. The van der Waals surface area contributed by atoms with Crippen LogP contribution in [0.5, 0.6) is 5.75 Å². The van der Waals surface area contributed by atoms with Crippen LogP contribution in [0.3, 0.4) is 0 Å². The zero-order valence-corrected chi connectivity index (χ0v) is 11.6. The maximum atomic E-state index is 11.4. The molecule has 0 aliphatic rings. The van der Waals surface area contributed by atoms with Gasteiger partial charge in [-0.05, 0) is 43.5 Å². The molecule has 0 saturated heterocycles. The summed E-state index contributed by atoms with van der Waals surface area (Å²) in [6, 6.07) is 6.03. The third-order valence-corrected chi connectivity index (χ3v) is 2.64. The topological polar surface area (TPSA) is 41.6 Å². The van der Waals surface area contributed by atoms with E-state index in [1.807, 2.05) is 18.2 Å². The summed E-state index contributed by atoms with van der Waals surface area (Å²) in [6.07, 6.45) is 1.19. The number of hydrogen-bond donors (Lipinski definition) is 1. The third-order valence-electron chi connectivity index (χ3n) is 2.64. The molecule has 4 heteroatoms. The summed E-state index contributed by atoms with van der Waals surface area (Å²) in [6.45, 7) is 4.70. The van der Waals surface area contributed by atoms with Crippen molar-refractivity contribution in [3.05, 3.63) is 29.3 Å². The molecule has 4 nitrogen and oxygen atoms in total. The summed E-state index contributed by atoms with van der Waals surface area (Å²) < 4.78 is 5.60. The number of benzene rings is 1. The van der Waals surface area contributed by atoms with E-state index in [0.717, 1.165) is 5.75 Å². The van der Waals surface area contributed by atoms with Gasteiger partial charge in [0, 0.05) is 20.5 Å². The van der Waals surface area contributed by atoms with Crippen molar-refractivity contribution < 1.29 is 9.53 Å². The monoisotopic (exact) mass is 250 g/mol. The molecule has 0 heterocycles. The predicted octanol–water partition coefficient (Wildman–Crippen LogP) is 2.06.